The van der Waals surface area contributed by atoms with E-state index in [4.69, 9.17) is 5.84 Å². The van der Waals surface area contributed by atoms with E-state index in [1.54, 1.807) is 0 Å². The number of amides is 1. The van der Waals surface area contributed by atoms with Crippen molar-refractivity contribution in [1.29, 1.82) is 0 Å². The zero-order chi connectivity index (χ0) is 9.68. The lowest BCUT2D eigenvalue weighted by molar-refractivity contribution is -0.122. The molecule has 0 aromatic heterocycles. The Morgan fingerprint density at radius 2 is 2.08 bits per heavy atom. The molecule has 1 aromatic carbocycles. The van der Waals surface area contributed by atoms with Crippen LogP contribution in [0.15, 0.2) is 30.3 Å². The first kappa shape index (κ1) is 9.74. The van der Waals surface area contributed by atoms with Crippen molar-refractivity contribution in [1.82, 2.24) is 5.43 Å². The van der Waals surface area contributed by atoms with Gasteiger partial charge in [-0.1, -0.05) is 37.3 Å². The van der Waals surface area contributed by atoms with Gasteiger partial charge >= 0.3 is 0 Å². The lowest BCUT2D eigenvalue weighted by Gasteiger charge is -2.12. The minimum absolute atomic E-state index is 0.131. The molecule has 0 aliphatic carbocycles. The molecule has 1 rings (SSSR count). The lowest BCUT2D eigenvalue weighted by atomic mass is 9.96. The molecule has 0 aliphatic heterocycles. The summed E-state index contributed by atoms with van der Waals surface area (Å²) < 4.78 is 0. The number of hydrogen-bond donors (Lipinski definition) is 2. The fourth-order valence-corrected chi connectivity index (χ4v) is 1.36. The maximum atomic E-state index is 11.3. The summed E-state index contributed by atoms with van der Waals surface area (Å²) in [7, 11) is 0. The van der Waals surface area contributed by atoms with Crippen LogP contribution in [0, 0.1) is 0 Å². The van der Waals surface area contributed by atoms with Crippen molar-refractivity contribution in [2.45, 2.75) is 19.3 Å². The highest BCUT2D eigenvalue weighted by molar-refractivity contribution is 5.82. The second kappa shape index (κ2) is 4.62. The van der Waals surface area contributed by atoms with Crippen LogP contribution in [0.5, 0.6) is 0 Å². The van der Waals surface area contributed by atoms with Gasteiger partial charge in [0.15, 0.2) is 0 Å². The van der Waals surface area contributed by atoms with Crippen LogP contribution in [0.4, 0.5) is 0 Å². The van der Waals surface area contributed by atoms with Crippen LogP contribution in [0.3, 0.4) is 0 Å². The minimum Gasteiger partial charge on any atom is -0.294 e. The average Bonchev–Trinajstić information content (AvgIpc) is 2.20. The van der Waals surface area contributed by atoms with Crippen molar-refractivity contribution < 1.29 is 4.79 Å². The van der Waals surface area contributed by atoms with Gasteiger partial charge in [0.25, 0.3) is 0 Å². The molecule has 0 fully saturated rings. The summed E-state index contributed by atoms with van der Waals surface area (Å²) in [6, 6.07) is 9.63. The van der Waals surface area contributed by atoms with Crippen LogP contribution in [-0.2, 0) is 4.79 Å². The second-order valence-corrected chi connectivity index (χ2v) is 2.88. The Morgan fingerprint density at radius 1 is 1.46 bits per heavy atom. The number of nitrogens with one attached hydrogen (secondary N) is 1. The predicted octanol–water partition coefficient (Wildman–Crippen LogP) is 1.17. The highest BCUT2D eigenvalue weighted by Gasteiger charge is 2.16. The Balaban J connectivity index is 2.85. The summed E-state index contributed by atoms with van der Waals surface area (Å²) in [5.41, 5.74) is 3.18. The highest BCUT2D eigenvalue weighted by atomic mass is 16.2. The Kier molecular flexibility index (Phi) is 3.46. The number of hydrazine groups is 1. The van der Waals surface area contributed by atoms with Gasteiger partial charge in [-0.3, -0.25) is 10.2 Å². The summed E-state index contributed by atoms with van der Waals surface area (Å²) in [4.78, 5) is 11.3. The number of benzene rings is 1. The van der Waals surface area contributed by atoms with Crippen molar-refractivity contribution >= 4 is 5.91 Å². The fourth-order valence-electron chi connectivity index (χ4n) is 1.36. The molecule has 0 bridgehead atoms. The molecule has 0 unspecified atom stereocenters. The third-order valence-electron chi connectivity index (χ3n) is 2.07. The molecule has 1 aromatic rings. The maximum absolute atomic E-state index is 11.3. The smallest absolute Gasteiger partial charge is 0.241 e. The number of hydrogen-bond acceptors (Lipinski definition) is 2. The van der Waals surface area contributed by atoms with E-state index in [0.29, 0.717) is 0 Å². The van der Waals surface area contributed by atoms with E-state index in [1.165, 1.54) is 0 Å². The van der Waals surface area contributed by atoms with E-state index in [-0.39, 0.29) is 11.8 Å². The summed E-state index contributed by atoms with van der Waals surface area (Å²) in [6.07, 6.45) is 0.757. The molecule has 0 aliphatic rings. The molecule has 13 heavy (non-hydrogen) atoms. The molecule has 1 amide bonds. The van der Waals surface area contributed by atoms with Crippen molar-refractivity contribution in [3.8, 4) is 0 Å². The van der Waals surface area contributed by atoms with Crippen LogP contribution >= 0.6 is 0 Å². The second-order valence-electron chi connectivity index (χ2n) is 2.88. The first-order valence-electron chi connectivity index (χ1n) is 4.35. The molecule has 3 N–H and O–H groups in total. The van der Waals surface area contributed by atoms with Gasteiger partial charge in [0.1, 0.15) is 0 Å². The number of carbonyl (C=O) groups is 1. The Bertz CT molecular complexity index is 272. The number of carbonyl (C=O) groups excluding carboxylic acids is 1. The first-order chi connectivity index (χ1) is 6.29. The van der Waals surface area contributed by atoms with Gasteiger partial charge in [-0.25, -0.2) is 5.84 Å². The SMILES string of the molecule is CC[C@@H](C(=O)NN)c1ccccc1. The average molecular weight is 178 g/mol. The lowest BCUT2D eigenvalue weighted by Crippen LogP contribution is -2.34. The van der Waals surface area contributed by atoms with Crippen molar-refractivity contribution in [3.63, 3.8) is 0 Å². The van der Waals surface area contributed by atoms with E-state index < -0.39 is 0 Å². The maximum Gasteiger partial charge on any atom is 0.241 e. The van der Waals surface area contributed by atoms with Crippen molar-refractivity contribution in [2.24, 2.45) is 5.84 Å². The first-order valence-corrected chi connectivity index (χ1v) is 4.35. The molecular weight excluding hydrogens is 164 g/mol. The molecular formula is C10H14N2O. The van der Waals surface area contributed by atoms with Gasteiger partial charge < -0.3 is 0 Å². The van der Waals surface area contributed by atoms with E-state index in [9.17, 15) is 4.79 Å². The quantitative estimate of drug-likeness (QED) is 0.414. The van der Waals surface area contributed by atoms with Gasteiger partial charge in [0, 0.05) is 0 Å². The van der Waals surface area contributed by atoms with Crippen molar-refractivity contribution in [2.75, 3.05) is 0 Å². The van der Waals surface area contributed by atoms with Crippen LogP contribution < -0.4 is 11.3 Å². The summed E-state index contributed by atoms with van der Waals surface area (Å²) in [5.74, 6) is 4.82. The zero-order valence-corrected chi connectivity index (χ0v) is 7.66. The molecule has 0 saturated carbocycles. The molecule has 0 radical (unpaired) electrons. The van der Waals surface area contributed by atoms with Crippen LogP contribution in [0.1, 0.15) is 24.8 Å². The molecule has 0 heterocycles. The highest BCUT2D eigenvalue weighted by Crippen LogP contribution is 2.18. The number of rotatable bonds is 3. The fraction of sp³-hybridized carbons (Fsp3) is 0.300. The third-order valence-corrected chi connectivity index (χ3v) is 2.07. The minimum atomic E-state index is -0.133. The standard InChI is InChI=1S/C10H14N2O/c1-2-9(10(13)12-11)8-6-4-3-5-7-8/h3-7,9H,2,11H2,1H3,(H,12,13)/t9-/m1/s1. The zero-order valence-electron chi connectivity index (χ0n) is 7.66. The Hall–Kier alpha value is -1.35. The van der Waals surface area contributed by atoms with Gasteiger partial charge in [-0.05, 0) is 12.0 Å². The normalized spacial score (nSPS) is 12.2. The molecule has 1 atom stereocenters. The molecule has 0 spiro atoms. The van der Waals surface area contributed by atoms with Crippen LogP contribution in [0.25, 0.3) is 0 Å². The van der Waals surface area contributed by atoms with E-state index >= 15 is 0 Å². The predicted molar refractivity (Wildman–Crippen MR) is 51.8 cm³/mol. The molecule has 0 saturated heterocycles. The van der Waals surface area contributed by atoms with Crippen LogP contribution in [-0.4, -0.2) is 5.91 Å². The Labute approximate surface area is 77.9 Å². The molecule has 3 heteroatoms. The van der Waals surface area contributed by atoms with Crippen LogP contribution in [0.2, 0.25) is 0 Å². The monoisotopic (exact) mass is 178 g/mol. The third kappa shape index (κ3) is 2.29. The topological polar surface area (TPSA) is 55.1 Å². The largest absolute Gasteiger partial charge is 0.294 e. The van der Waals surface area contributed by atoms with E-state index in [2.05, 4.69) is 5.43 Å². The summed E-state index contributed by atoms with van der Waals surface area (Å²) in [5, 5.41) is 0. The van der Waals surface area contributed by atoms with E-state index in [0.717, 1.165) is 12.0 Å². The van der Waals surface area contributed by atoms with Gasteiger partial charge in [0.05, 0.1) is 5.92 Å². The van der Waals surface area contributed by atoms with Gasteiger partial charge in [0.2, 0.25) is 5.91 Å². The molecule has 70 valence electrons. The van der Waals surface area contributed by atoms with E-state index in [1.807, 2.05) is 37.3 Å². The molecule has 3 nitrogen and oxygen atoms in total. The van der Waals surface area contributed by atoms with Gasteiger partial charge in [-0.2, -0.15) is 0 Å². The summed E-state index contributed by atoms with van der Waals surface area (Å²) in [6.45, 7) is 1.97. The van der Waals surface area contributed by atoms with Crippen molar-refractivity contribution in [3.05, 3.63) is 35.9 Å². The summed E-state index contributed by atoms with van der Waals surface area (Å²) >= 11 is 0. The Morgan fingerprint density at radius 3 is 2.54 bits per heavy atom. The number of nitrogens with two attached hydrogens (primary N) is 1. The van der Waals surface area contributed by atoms with Gasteiger partial charge in [-0.15, -0.1) is 0 Å².